The number of benzene rings is 1. The zero-order valence-corrected chi connectivity index (χ0v) is 12.0. The molecule has 1 aromatic heterocycles. The molecule has 5 nitrogen and oxygen atoms in total. The van der Waals surface area contributed by atoms with E-state index in [0.29, 0.717) is 21.3 Å². The summed E-state index contributed by atoms with van der Waals surface area (Å²) in [6, 6.07) is 3.42. The van der Waals surface area contributed by atoms with Crippen molar-refractivity contribution < 1.29 is 13.9 Å². The largest absolute Gasteiger partial charge is 0.463 e. The molecule has 3 rings (SSSR count). The molecule has 1 aromatic carbocycles. The van der Waals surface area contributed by atoms with Crippen LogP contribution < -0.4 is 15.7 Å². The quantitative estimate of drug-likeness (QED) is 0.589. The van der Waals surface area contributed by atoms with Gasteiger partial charge in [-0.15, -0.1) is 0 Å². The number of halogens is 2. The van der Waals surface area contributed by atoms with Crippen LogP contribution >= 0.6 is 27.5 Å². The predicted molar refractivity (Wildman–Crippen MR) is 73.8 cm³/mol. The molecule has 19 heavy (non-hydrogen) atoms. The van der Waals surface area contributed by atoms with E-state index in [4.69, 9.17) is 20.8 Å². The maximum atomic E-state index is 11.7. The maximum absolute atomic E-state index is 11.7. The molecule has 2 aromatic rings. The van der Waals surface area contributed by atoms with Crippen molar-refractivity contribution in [3.63, 3.8) is 0 Å². The molecule has 0 fully saturated rings. The minimum Gasteiger partial charge on any atom is -0.463 e. The summed E-state index contributed by atoms with van der Waals surface area (Å²) in [7, 11) is 0. The molecule has 0 aliphatic carbocycles. The second kappa shape index (κ2) is 4.25. The van der Waals surface area contributed by atoms with Gasteiger partial charge in [0.2, 0.25) is 0 Å². The number of carbonyl (C=O) groups excluding carboxylic acids is 1. The molecule has 1 aliphatic heterocycles. The highest BCUT2D eigenvalue weighted by molar-refractivity contribution is 9.10. The second-order valence-corrected chi connectivity index (χ2v) is 5.26. The van der Waals surface area contributed by atoms with Gasteiger partial charge in [0.1, 0.15) is 15.9 Å². The summed E-state index contributed by atoms with van der Waals surface area (Å²) in [6.45, 7) is 1.78. The Hall–Kier alpha value is -1.53. The van der Waals surface area contributed by atoms with Crippen LogP contribution in [0.3, 0.4) is 0 Å². The average molecular weight is 345 g/mol. The highest BCUT2D eigenvalue weighted by Gasteiger charge is 2.28. The predicted octanol–water partition coefficient (Wildman–Crippen LogP) is 2.76. The van der Waals surface area contributed by atoms with Crippen LogP contribution in [0.15, 0.2) is 25.8 Å². The van der Waals surface area contributed by atoms with Gasteiger partial charge in [-0.3, -0.25) is 4.79 Å². The first kappa shape index (κ1) is 12.5. The molecule has 1 aliphatic rings. The lowest BCUT2D eigenvalue weighted by molar-refractivity contribution is -0.120. The zero-order valence-electron chi connectivity index (χ0n) is 9.62. The van der Waals surface area contributed by atoms with Gasteiger partial charge in [-0.1, -0.05) is 11.6 Å². The number of aryl methyl sites for hydroxylation is 1. The fourth-order valence-electron chi connectivity index (χ4n) is 1.94. The minimum absolute atomic E-state index is 0.278. The van der Waals surface area contributed by atoms with E-state index in [-0.39, 0.29) is 5.58 Å². The molecule has 1 atom stereocenters. The van der Waals surface area contributed by atoms with E-state index in [2.05, 4.69) is 21.2 Å². The summed E-state index contributed by atoms with van der Waals surface area (Å²) >= 11 is 8.87. The third-order valence-electron chi connectivity index (χ3n) is 2.91. The van der Waals surface area contributed by atoms with E-state index in [1.54, 1.807) is 19.1 Å². The Morgan fingerprint density at radius 3 is 2.84 bits per heavy atom. The summed E-state index contributed by atoms with van der Waals surface area (Å²) in [5.74, 6) is -0.123. The molecular formula is C12H7BrClNO4. The smallest absolute Gasteiger partial charge is 0.351 e. The van der Waals surface area contributed by atoms with Gasteiger partial charge in [0, 0.05) is 5.39 Å². The van der Waals surface area contributed by atoms with Crippen LogP contribution in [0.5, 0.6) is 5.75 Å². The van der Waals surface area contributed by atoms with E-state index in [0.717, 1.165) is 5.56 Å². The topological polar surface area (TPSA) is 68.5 Å². The number of carbonyl (C=O) groups is 1. The van der Waals surface area contributed by atoms with Crippen molar-refractivity contribution in [1.82, 2.24) is 0 Å². The van der Waals surface area contributed by atoms with Crippen molar-refractivity contribution in [3.8, 4) is 5.75 Å². The third-order valence-corrected chi connectivity index (χ3v) is 4.12. The summed E-state index contributed by atoms with van der Waals surface area (Å²) < 4.78 is 10.8. The van der Waals surface area contributed by atoms with Crippen LogP contribution in [0, 0.1) is 6.92 Å². The van der Waals surface area contributed by atoms with Gasteiger partial charge in [-0.2, -0.15) is 0 Å². The average Bonchev–Trinajstić information content (AvgIpc) is 2.38. The van der Waals surface area contributed by atoms with Crippen LogP contribution in [0.2, 0.25) is 0 Å². The minimum atomic E-state index is -1.09. The molecule has 0 spiro atoms. The van der Waals surface area contributed by atoms with Crippen LogP contribution in [0.25, 0.3) is 11.0 Å². The van der Waals surface area contributed by atoms with E-state index in [9.17, 15) is 9.59 Å². The van der Waals surface area contributed by atoms with Gasteiger partial charge >= 0.3 is 5.63 Å². The van der Waals surface area contributed by atoms with Gasteiger partial charge in [-0.25, -0.2) is 4.79 Å². The first-order chi connectivity index (χ1) is 8.99. The number of nitrogens with one attached hydrogen (secondary N) is 1. The van der Waals surface area contributed by atoms with E-state index in [1.165, 1.54) is 0 Å². The molecule has 0 saturated carbocycles. The Balaban J connectivity index is 2.38. The van der Waals surface area contributed by atoms with E-state index >= 15 is 0 Å². The van der Waals surface area contributed by atoms with Crippen molar-refractivity contribution in [2.24, 2.45) is 0 Å². The normalized spacial score (nSPS) is 17.8. The lowest BCUT2D eigenvalue weighted by atomic mass is 10.1. The van der Waals surface area contributed by atoms with Crippen LogP contribution in [-0.2, 0) is 4.79 Å². The van der Waals surface area contributed by atoms with Crippen molar-refractivity contribution >= 4 is 50.1 Å². The summed E-state index contributed by atoms with van der Waals surface area (Å²) in [5.41, 5.74) is -0.266. The van der Waals surface area contributed by atoms with Crippen molar-refractivity contribution in [1.29, 1.82) is 0 Å². The zero-order chi connectivity index (χ0) is 13.7. The van der Waals surface area contributed by atoms with Crippen LogP contribution in [-0.4, -0.2) is 11.5 Å². The Bertz CT molecular complexity index is 770. The number of hydrogen-bond donors (Lipinski definition) is 1. The summed E-state index contributed by atoms with van der Waals surface area (Å²) in [4.78, 5) is 23.2. The molecule has 0 bridgehead atoms. The lowest BCUT2D eigenvalue weighted by Crippen LogP contribution is -2.32. The first-order valence-corrected chi connectivity index (χ1v) is 6.59. The number of fused-ring (bicyclic) bond motifs is 3. The molecule has 1 amide bonds. The fraction of sp³-hybridized carbons (Fsp3) is 0.167. The highest BCUT2D eigenvalue weighted by Crippen LogP contribution is 2.38. The summed E-state index contributed by atoms with van der Waals surface area (Å²) in [6.07, 6.45) is 0. The Kier molecular flexibility index (Phi) is 2.79. The number of rotatable bonds is 0. The number of ether oxygens (including phenoxy) is 1. The lowest BCUT2D eigenvalue weighted by Gasteiger charge is -2.22. The van der Waals surface area contributed by atoms with Crippen molar-refractivity contribution in [2.45, 2.75) is 12.5 Å². The van der Waals surface area contributed by atoms with Crippen molar-refractivity contribution in [3.05, 3.63) is 32.6 Å². The number of alkyl halides is 1. The Morgan fingerprint density at radius 1 is 1.37 bits per heavy atom. The Labute approximate surface area is 120 Å². The van der Waals surface area contributed by atoms with Gasteiger partial charge in [0.05, 0.1) is 0 Å². The molecule has 0 radical (unpaired) electrons. The number of anilines is 1. The molecule has 7 heteroatoms. The molecular weight excluding hydrogens is 337 g/mol. The second-order valence-electron chi connectivity index (χ2n) is 4.07. The van der Waals surface area contributed by atoms with Gasteiger partial charge < -0.3 is 14.5 Å². The highest BCUT2D eigenvalue weighted by atomic mass is 79.9. The van der Waals surface area contributed by atoms with Crippen LogP contribution in [0.1, 0.15) is 5.56 Å². The summed E-state index contributed by atoms with van der Waals surface area (Å²) in [5, 5.41) is 3.29. The number of hydrogen-bond acceptors (Lipinski definition) is 4. The monoisotopic (exact) mass is 343 g/mol. The van der Waals surface area contributed by atoms with Gasteiger partial charge in [-0.05, 0) is 40.5 Å². The maximum Gasteiger partial charge on any atom is 0.351 e. The Morgan fingerprint density at radius 2 is 2.11 bits per heavy atom. The standard InChI is InChI=1S/C12H7BrClNO4/c1-4-5-2-3-6-8(15-11(16)10(14)18-6)9(5)19-12(17)7(4)13/h2-3,10H,1H3,(H,15,16)/t10-/m1/s1. The molecule has 2 heterocycles. The molecule has 0 unspecified atom stereocenters. The SMILES string of the molecule is Cc1c(Br)c(=O)oc2c3c(ccc12)O[C@@H](Cl)C(=O)N3. The third kappa shape index (κ3) is 1.82. The van der Waals surface area contributed by atoms with Gasteiger partial charge in [0.15, 0.2) is 5.58 Å². The van der Waals surface area contributed by atoms with Crippen LogP contribution in [0.4, 0.5) is 5.69 Å². The molecule has 0 saturated heterocycles. The first-order valence-electron chi connectivity index (χ1n) is 5.36. The van der Waals surface area contributed by atoms with E-state index in [1.807, 2.05) is 0 Å². The van der Waals surface area contributed by atoms with Gasteiger partial charge in [0.25, 0.3) is 11.5 Å². The van der Waals surface area contributed by atoms with E-state index < -0.39 is 17.1 Å². The number of amides is 1. The van der Waals surface area contributed by atoms with Crippen molar-refractivity contribution in [2.75, 3.05) is 5.32 Å². The fourth-order valence-corrected chi connectivity index (χ4v) is 2.38. The molecule has 98 valence electrons. The molecule has 1 N–H and O–H groups in total.